The van der Waals surface area contributed by atoms with Gasteiger partial charge in [-0.2, -0.15) is 0 Å². The van der Waals surface area contributed by atoms with Gasteiger partial charge in [0.1, 0.15) is 5.75 Å². The highest BCUT2D eigenvalue weighted by Gasteiger charge is 2.27. The van der Waals surface area contributed by atoms with E-state index in [-0.39, 0.29) is 6.04 Å². The molecule has 0 aliphatic heterocycles. The summed E-state index contributed by atoms with van der Waals surface area (Å²) in [6, 6.07) is 8.50. The van der Waals surface area contributed by atoms with Crippen LogP contribution in [0, 0.1) is 11.8 Å². The average molecular weight is 248 g/mol. The van der Waals surface area contributed by atoms with Crippen LogP contribution in [0.2, 0.25) is 0 Å². The predicted molar refractivity (Wildman–Crippen MR) is 74.2 cm³/mol. The minimum Gasteiger partial charge on any atom is -0.497 e. The topological polar surface area (TPSA) is 47.3 Å². The van der Waals surface area contributed by atoms with Gasteiger partial charge in [-0.05, 0) is 42.4 Å². The normalized spacial score (nSPS) is 25.7. The van der Waals surface area contributed by atoms with E-state index < -0.39 is 0 Å². The number of nitrogens with one attached hydrogen (secondary N) is 1. The summed E-state index contributed by atoms with van der Waals surface area (Å²) in [6.07, 6.45) is 5.21. The second-order valence-electron chi connectivity index (χ2n) is 5.45. The smallest absolute Gasteiger partial charge is 0.118 e. The average Bonchev–Trinajstić information content (AvgIpc) is 2.40. The third kappa shape index (κ3) is 3.03. The van der Waals surface area contributed by atoms with E-state index in [0.717, 1.165) is 11.7 Å². The van der Waals surface area contributed by atoms with E-state index >= 15 is 0 Å². The van der Waals surface area contributed by atoms with Crippen LogP contribution in [0.25, 0.3) is 0 Å². The number of rotatable bonds is 4. The van der Waals surface area contributed by atoms with Crippen molar-refractivity contribution in [2.45, 2.75) is 38.6 Å². The number of benzene rings is 1. The molecule has 1 aromatic carbocycles. The summed E-state index contributed by atoms with van der Waals surface area (Å²) in [5, 5.41) is 0. The monoisotopic (exact) mass is 248 g/mol. The van der Waals surface area contributed by atoms with E-state index in [1.165, 1.54) is 31.2 Å². The summed E-state index contributed by atoms with van der Waals surface area (Å²) in [6.45, 7) is 2.34. The van der Waals surface area contributed by atoms with Gasteiger partial charge < -0.3 is 4.74 Å². The lowest BCUT2D eigenvalue weighted by Gasteiger charge is -2.33. The maximum Gasteiger partial charge on any atom is 0.118 e. The summed E-state index contributed by atoms with van der Waals surface area (Å²) in [7, 11) is 1.69. The predicted octanol–water partition coefficient (Wildman–Crippen LogP) is 3.03. The van der Waals surface area contributed by atoms with Crippen molar-refractivity contribution in [2.75, 3.05) is 7.11 Å². The maximum atomic E-state index is 5.77. The number of ether oxygens (including phenoxy) is 1. The Morgan fingerprint density at radius 3 is 2.56 bits per heavy atom. The minimum absolute atomic E-state index is 0.263. The summed E-state index contributed by atoms with van der Waals surface area (Å²) >= 11 is 0. The molecule has 0 aromatic heterocycles. The maximum absolute atomic E-state index is 5.77. The Labute approximate surface area is 110 Å². The fourth-order valence-electron chi connectivity index (χ4n) is 3.10. The van der Waals surface area contributed by atoms with Crippen molar-refractivity contribution >= 4 is 0 Å². The number of nitrogens with two attached hydrogens (primary N) is 1. The summed E-state index contributed by atoms with van der Waals surface area (Å²) < 4.78 is 5.19. The van der Waals surface area contributed by atoms with Gasteiger partial charge in [0.25, 0.3) is 0 Å². The van der Waals surface area contributed by atoms with Crippen LogP contribution < -0.4 is 16.0 Å². The molecule has 0 radical (unpaired) electrons. The molecular weight excluding hydrogens is 224 g/mol. The lowest BCUT2D eigenvalue weighted by atomic mass is 9.77. The zero-order valence-corrected chi connectivity index (χ0v) is 11.4. The van der Waals surface area contributed by atoms with Gasteiger partial charge in [0, 0.05) is 6.04 Å². The molecule has 3 atom stereocenters. The van der Waals surface area contributed by atoms with Crippen LogP contribution in [-0.2, 0) is 0 Å². The molecule has 1 saturated carbocycles. The molecule has 2 rings (SSSR count). The first-order valence-electron chi connectivity index (χ1n) is 6.84. The molecule has 0 bridgehead atoms. The van der Waals surface area contributed by atoms with Crippen LogP contribution in [0.3, 0.4) is 0 Å². The number of hydrogen-bond acceptors (Lipinski definition) is 3. The number of hydrazine groups is 1. The first-order valence-corrected chi connectivity index (χ1v) is 6.84. The zero-order chi connectivity index (χ0) is 13.0. The largest absolute Gasteiger partial charge is 0.497 e. The van der Waals surface area contributed by atoms with Crippen LogP contribution in [0.5, 0.6) is 5.75 Å². The Kier molecular flexibility index (Phi) is 4.61. The van der Waals surface area contributed by atoms with Crippen molar-refractivity contribution < 1.29 is 4.74 Å². The van der Waals surface area contributed by atoms with E-state index in [2.05, 4.69) is 24.5 Å². The van der Waals surface area contributed by atoms with Crippen molar-refractivity contribution in [1.29, 1.82) is 0 Å². The Hall–Kier alpha value is -1.06. The van der Waals surface area contributed by atoms with E-state index in [0.29, 0.717) is 5.92 Å². The third-order valence-electron chi connectivity index (χ3n) is 4.10. The van der Waals surface area contributed by atoms with E-state index in [1.54, 1.807) is 7.11 Å². The van der Waals surface area contributed by atoms with Gasteiger partial charge >= 0.3 is 0 Å². The quantitative estimate of drug-likeness (QED) is 0.636. The second kappa shape index (κ2) is 6.21. The van der Waals surface area contributed by atoms with E-state index in [9.17, 15) is 0 Å². The molecule has 1 fully saturated rings. The summed E-state index contributed by atoms with van der Waals surface area (Å²) in [5.74, 6) is 8.13. The fraction of sp³-hybridized carbons (Fsp3) is 0.600. The molecule has 3 N–H and O–H groups in total. The molecule has 3 heteroatoms. The molecular formula is C15H24N2O. The van der Waals surface area contributed by atoms with Crippen LogP contribution in [0.4, 0.5) is 0 Å². The van der Waals surface area contributed by atoms with Gasteiger partial charge in [0.15, 0.2) is 0 Å². The van der Waals surface area contributed by atoms with Crippen molar-refractivity contribution in [3.63, 3.8) is 0 Å². The van der Waals surface area contributed by atoms with Crippen LogP contribution in [-0.4, -0.2) is 7.11 Å². The summed E-state index contributed by atoms with van der Waals surface area (Å²) in [4.78, 5) is 0. The third-order valence-corrected chi connectivity index (χ3v) is 4.10. The molecule has 100 valence electrons. The molecule has 3 unspecified atom stereocenters. The molecule has 18 heavy (non-hydrogen) atoms. The Bertz CT molecular complexity index is 363. The standard InChI is InChI=1S/C15H24N2O/c1-11-4-3-5-13(10-11)15(17-16)12-6-8-14(18-2)9-7-12/h6-9,11,13,15,17H,3-5,10,16H2,1-2H3. The zero-order valence-electron chi connectivity index (χ0n) is 11.4. The van der Waals surface area contributed by atoms with Crippen LogP contribution >= 0.6 is 0 Å². The lowest BCUT2D eigenvalue weighted by molar-refractivity contribution is 0.224. The molecule has 0 saturated heterocycles. The first-order chi connectivity index (χ1) is 8.74. The second-order valence-corrected chi connectivity index (χ2v) is 5.45. The highest BCUT2D eigenvalue weighted by atomic mass is 16.5. The van der Waals surface area contributed by atoms with Crippen molar-refractivity contribution in [3.05, 3.63) is 29.8 Å². The molecule has 1 aromatic rings. The highest BCUT2D eigenvalue weighted by Crippen LogP contribution is 2.37. The van der Waals surface area contributed by atoms with Crippen molar-refractivity contribution in [2.24, 2.45) is 17.7 Å². The Morgan fingerprint density at radius 2 is 2.00 bits per heavy atom. The van der Waals surface area contributed by atoms with Gasteiger partial charge in [0.05, 0.1) is 7.11 Å². The van der Waals surface area contributed by atoms with Gasteiger partial charge in [0.2, 0.25) is 0 Å². The molecule has 3 nitrogen and oxygen atoms in total. The van der Waals surface area contributed by atoms with Gasteiger partial charge in [-0.25, -0.2) is 0 Å². The number of hydrogen-bond donors (Lipinski definition) is 2. The van der Waals surface area contributed by atoms with E-state index in [1.807, 2.05) is 12.1 Å². The Morgan fingerprint density at radius 1 is 1.28 bits per heavy atom. The van der Waals surface area contributed by atoms with Gasteiger partial charge in [-0.3, -0.25) is 11.3 Å². The Balaban J connectivity index is 2.11. The highest BCUT2D eigenvalue weighted by molar-refractivity contribution is 5.29. The van der Waals surface area contributed by atoms with Crippen molar-refractivity contribution in [3.8, 4) is 5.75 Å². The number of methoxy groups -OCH3 is 1. The molecule has 0 amide bonds. The molecule has 0 spiro atoms. The van der Waals surface area contributed by atoms with Gasteiger partial charge in [-0.15, -0.1) is 0 Å². The fourth-order valence-corrected chi connectivity index (χ4v) is 3.10. The molecule has 1 aliphatic carbocycles. The van der Waals surface area contributed by atoms with Crippen molar-refractivity contribution in [1.82, 2.24) is 5.43 Å². The minimum atomic E-state index is 0.263. The summed E-state index contributed by atoms with van der Waals surface area (Å²) in [5.41, 5.74) is 4.27. The van der Waals surface area contributed by atoms with E-state index in [4.69, 9.17) is 10.6 Å². The first kappa shape index (κ1) is 13.4. The van der Waals surface area contributed by atoms with Crippen LogP contribution in [0.1, 0.15) is 44.2 Å². The van der Waals surface area contributed by atoms with Gasteiger partial charge in [-0.1, -0.05) is 31.9 Å². The molecule has 1 aliphatic rings. The van der Waals surface area contributed by atoms with Crippen LogP contribution in [0.15, 0.2) is 24.3 Å². The SMILES string of the molecule is COc1ccc(C(NN)C2CCCC(C)C2)cc1. The lowest BCUT2D eigenvalue weighted by Crippen LogP contribution is -2.35. The molecule has 0 heterocycles.